The SMILES string of the molecule is CC(C)C1N=C(C2(C)COC2)c2c(cc(F)cc2C(C(=O)O)N2CC(CCCCCCc3ccc4c(n3)NCCC4)C2)C1C. The summed E-state index contributed by atoms with van der Waals surface area (Å²) in [4.78, 5) is 24.9. The van der Waals surface area contributed by atoms with E-state index in [0.717, 1.165) is 74.4 Å². The standard InChI is InChI=1S/C36H49FN4O3/c1-22(2)31-23(3)28-16-26(37)17-29(30(28)33(40-31)36(4)20-44-21-36)32(35(42)43)41-18-24(19-41)10-7-5-6-8-12-27-14-13-25-11-9-15-38-34(25)39-27/h13-14,16-17,22-24,31-32H,5-12,15,18-21H2,1-4H3,(H,38,39)(H,42,43). The first-order valence-corrected chi connectivity index (χ1v) is 16.8. The van der Waals surface area contributed by atoms with E-state index in [-0.39, 0.29) is 29.1 Å². The van der Waals surface area contributed by atoms with Crippen LogP contribution in [0.2, 0.25) is 0 Å². The van der Waals surface area contributed by atoms with Gasteiger partial charge in [-0.15, -0.1) is 0 Å². The number of anilines is 1. The zero-order valence-corrected chi connectivity index (χ0v) is 26.9. The topological polar surface area (TPSA) is 87.1 Å². The number of aliphatic carboxylic acids is 1. The molecule has 0 bridgehead atoms. The van der Waals surface area contributed by atoms with Crippen molar-refractivity contribution in [1.29, 1.82) is 0 Å². The molecule has 4 aliphatic rings. The van der Waals surface area contributed by atoms with Gasteiger partial charge in [-0.2, -0.15) is 0 Å². The van der Waals surface area contributed by atoms with Gasteiger partial charge in [-0.25, -0.2) is 9.37 Å². The monoisotopic (exact) mass is 604 g/mol. The number of halogens is 1. The fourth-order valence-electron chi connectivity index (χ4n) is 7.83. The van der Waals surface area contributed by atoms with Gasteiger partial charge in [-0.1, -0.05) is 46.1 Å². The van der Waals surface area contributed by atoms with E-state index in [9.17, 15) is 9.90 Å². The van der Waals surface area contributed by atoms with E-state index in [1.807, 2.05) is 4.90 Å². The number of aliphatic imine (C=N–C) groups is 1. The maximum Gasteiger partial charge on any atom is 0.325 e. The molecule has 0 saturated carbocycles. The van der Waals surface area contributed by atoms with Crippen molar-refractivity contribution in [3.8, 4) is 0 Å². The Bertz CT molecular complexity index is 1400. The third-order valence-electron chi connectivity index (χ3n) is 10.4. The first-order valence-electron chi connectivity index (χ1n) is 16.8. The van der Waals surface area contributed by atoms with E-state index >= 15 is 4.39 Å². The number of nitrogens with zero attached hydrogens (tertiary/aromatic N) is 3. The Kier molecular flexibility index (Phi) is 9.12. The van der Waals surface area contributed by atoms with Gasteiger partial charge in [-0.05, 0) is 85.8 Å². The Morgan fingerprint density at radius 3 is 2.66 bits per heavy atom. The number of rotatable bonds is 12. The minimum absolute atomic E-state index is 0.00562. The Morgan fingerprint density at radius 1 is 1.18 bits per heavy atom. The molecule has 0 amide bonds. The Morgan fingerprint density at radius 2 is 1.95 bits per heavy atom. The average Bonchev–Trinajstić information content (AvgIpc) is 2.95. The number of fused-ring (bicyclic) bond motifs is 2. The van der Waals surface area contributed by atoms with Crippen molar-refractivity contribution in [2.24, 2.45) is 22.2 Å². The molecular formula is C36H49FN4O3. The van der Waals surface area contributed by atoms with Gasteiger partial charge in [0, 0.05) is 36.8 Å². The summed E-state index contributed by atoms with van der Waals surface area (Å²) in [6.45, 7) is 12.1. The Hall–Kier alpha value is -2.84. The van der Waals surface area contributed by atoms with Crippen LogP contribution in [0.15, 0.2) is 29.3 Å². The van der Waals surface area contributed by atoms with Gasteiger partial charge in [0.15, 0.2) is 0 Å². The number of aryl methyl sites for hydroxylation is 2. The number of pyridine rings is 1. The van der Waals surface area contributed by atoms with Crippen LogP contribution < -0.4 is 5.32 Å². The molecule has 238 valence electrons. The average molecular weight is 605 g/mol. The van der Waals surface area contributed by atoms with E-state index < -0.39 is 12.0 Å². The predicted molar refractivity (Wildman–Crippen MR) is 172 cm³/mol. The van der Waals surface area contributed by atoms with Gasteiger partial charge in [0.2, 0.25) is 0 Å². The molecule has 2 fully saturated rings. The number of aromatic nitrogens is 1. The second-order valence-electron chi connectivity index (χ2n) is 14.4. The minimum Gasteiger partial charge on any atom is -0.480 e. The molecule has 6 rings (SSSR count). The maximum atomic E-state index is 15.2. The number of unbranched alkanes of at least 4 members (excludes halogenated alkanes) is 3. The van der Waals surface area contributed by atoms with E-state index in [0.29, 0.717) is 24.7 Å². The lowest BCUT2D eigenvalue weighted by Gasteiger charge is -2.47. The first-order chi connectivity index (χ1) is 21.1. The maximum absolute atomic E-state index is 15.2. The van der Waals surface area contributed by atoms with Crippen molar-refractivity contribution in [3.05, 3.63) is 58.0 Å². The van der Waals surface area contributed by atoms with Gasteiger partial charge in [-0.3, -0.25) is 14.7 Å². The van der Waals surface area contributed by atoms with Crippen molar-refractivity contribution in [1.82, 2.24) is 9.88 Å². The molecule has 3 unspecified atom stereocenters. The van der Waals surface area contributed by atoms with Crippen LogP contribution in [-0.2, 0) is 22.4 Å². The van der Waals surface area contributed by atoms with Crippen LogP contribution in [0.4, 0.5) is 10.2 Å². The van der Waals surface area contributed by atoms with E-state index in [1.165, 1.54) is 36.6 Å². The quantitative estimate of drug-likeness (QED) is 0.259. The molecule has 44 heavy (non-hydrogen) atoms. The predicted octanol–water partition coefficient (Wildman–Crippen LogP) is 6.80. The molecule has 0 spiro atoms. The summed E-state index contributed by atoms with van der Waals surface area (Å²) < 4.78 is 20.8. The molecule has 1 aromatic carbocycles. The number of carboxylic acid groups (broad SMARTS) is 1. The number of nitrogens with one attached hydrogen (secondary N) is 1. The highest BCUT2D eigenvalue weighted by molar-refractivity contribution is 6.09. The smallest absolute Gasteiger partial charge is 0.325 e. The number of likely N-dealkylation sites (tertiary alicyclic amines) is 1. The van der Waals surface area contributed by atoms with Crippen molar-refractivity contribution >= 4 is 17.5 Å². The molecule has 5 heterocycles. The molecule has 7 nitrogen and oxygen atoms in total. The largest absolute Gasteiger partial charge is 0.480 e. The fourth-order valence-corrected chi connectivity index (χ4v) is 7.83. The van der Waals surface area contributed by atoms with Crippen molar-refractivity contribution in [2.45, 2.75) is 97.1 Å². The summed E-state index contributed by atoms with van der Waals surface area (Å²) in [5, 5.41) is 13.9. The molecule has 0 aliphatic carbocycles. The third kappa shape index (κ3) is 6.17. The van der Waals surface area contributed by atoms with Crippen molar-refractivity contribution in [3.63, 3.8) is 0 Å². The first kappa shape index (κ1) is 31.2. The molecule has 0 radical (unpaired) electrons. The van der Waals surface area contributed by atoms with Crippen LogP contribution in [0.1, 0.15) is 106 Å². The summed E-state index contributed by atoms with van der Waals surface area (Å²) in [5.41, 5.74) is 5.41. The second kappa shape index (κ2) is 12.9. The Balaban J connectivity index is 1.07. The van der Waals surface area contributed by atoms with Crippen molar-refractivity contribution in [2.75, 3.05) is 38.2 Å². The molecule has 2 N–H and O–H groups in total. The number of hydrogen-bond acceptors (Lipinski definition) is 6. The molecule has 2 aromatic rings. The highest BCUT2D eigenvalue weighted by atomic mass is 19.1. The lowest BCUT2D eigenvalue weighted by atomic mass is 9.70. The van der Waals surface area contributed by atoms with E-state index in [1.54, 1.807) is 6.07 Å². The number of benzene rings is 1. The van der Waals surface area contributed by atoms with Crippen LogP contribution in [0.25, 0.3) is 0 Å². The molecule has 2 saturated heterocycles. The van der Waals surface area contributed by atoms with Gasteiger partial charge in [0.05, 0.1) is 30.4 Å². The minimum atomic E-state index is -0.921. The highest BCUT2D eigenvalue weighted by Gasteiger charge is 2.47. The Labute approximate surface area is 261 Å². The van der Waals surface area contributed by atoms with E-state index in [4.69, 9.17) is 14.7 Å². The van der Waals surface area contributed by atoms with Crippen LogP contribution in [0, 0.1) is 23.1 Å². The highest BCUT2D eigenvalue weighted by Crippen LogP contribution is 2.45. The van der Waals surface area contributed by atoms with Gasteiger partial charge in [0.25, 0.3) is 0 Å². The third-order valence-corrected chi connectivity index (χ3v) is 10.4. The molecule has 3 atom stereocenters. The summed E-state index contributed by atoms with van der Waals surface area (Å²) >= 11 is 0. The zero-order chi connectivity index (χ0) is 31.0. The van der Waals surface area contributed by atoms with E-state index in [2.05, 4.69) is 45.1 Å². The summed E-state index contributed by atoms with van der Waals surface area (Å²) in [5.74, 6) is 0.555. The lowest BCUT2D eigenvalue weighted by molar-refractivity contribution is -0.146. The van der Waals surface area contributed by atoms with Gasteiger partial charge in [0.1, 0.15) is 17.7 Å². The number of ether oxygens (including phenoxy) is 1. The summed E-state index contributed by atoms with van der Waals surface area (Å²) in [7, 11) is 0. The lowest BCUT2D eigenvalue weighted by Crippen LogP contribution is -2.52. The molecule has 1 aromatic heterocycles. The molecule has 8 heteroatoms. The van der Waals surface area contributed by atoms with Crippen LogP contribution in [-0.4, -0.2) is 65.6 Å². The second-order valence-corrected chi connectivity index (χ2v) is 14.4. The van der Waals surface area contributed by atoms with Crippen molar-refractivity contribution < 1.29 is 19.0 Å². The van der Waals surface area contributed by atoms with Gasteiger partial charge >= 0.3 is 5.97 Å². The van der Waals surface area contributed by atoms with Crippen LogP contribution >= 0.6 is 0 Å². The van der Waals surface area contributed by atoms with Crippen LogP contribution in [0.5, 0.6) is 0 Å². The number of carboxylic acids is 1. The molecule has 4 aliphatic heterocycles. The van der Waals surface area contributed by atoms with Crippen LogP contribution in [0.3, 0.4) is 0 Å². The normalized spacial score (nSPS) is 23.5. The number of carbonyl (C=O) groups is 1. The summed E-state index contributed by atoms with van der Waals surface area (Å²) in [6, 6.07) is 6.63. The van der Waals surface area contributed by atoms with Gasteiger partial charge < -0.3 is 15.2 Å². The fraction of sp³-hybridized carbons (Fsp3) is 0.639. The summed E-state index contributed by atoms with van der Waals surface area (Å²) in [6.07, 6.45) is 9.04. The zero-order valence-electron chi connectivity index (χ0n) is 26.9. The number of hydrogen-bond donors (Lipinski definition) is 2. The molecular weight excluding hydrogens is 555 g/mol.